The van der Waals surface area contributed by atoms with Gasteiger partial charge in [-0.2, -0.15) is 0 Å². The Morgan fingerprint density at radius 2 is 0.873 bits per heavy atom. The van der Waals surface area contributed by atoms with E-state index < -0.39 is 8.07 Å². The molecule has 0 radical (unpaired) electrons. The van der Waals surface area contributed by atoms with Crippen molar-refractivity contribution in [2.75, 3.05) is 9.80 Å². The third-order valence-electron chi connectivity index (χ3n) is 11.4. The molecule has 0 atom stereocenters. The fourth-order valence-corrected chi connectivity index (χ4v) is 11.6. The molecule has 3 heteroatoms. The highest BCUT2D eigenvalue weighted by Crippen LogP contribution is 2.41. The smallest absolute Gasteiger partial charge is 0.117 e. The number of hydrogen-bond donors (Lipinski definition) is 0. The van der Waals surface area contributed by atoms with Crippen LogP contribution in [0.1, 0.15) is 0 Å². The second-order valence-electron chi connectivity index (χ2n) is 15.0. The maximum Gasteiger partial charge on any atom is 0.117 e. The van der Waals surface area contributed by atoms with Crippen LogP contribution in [0.15, 0.2) is 206 Å². The van der Waals surface area contributed by atoms with Crippen LogP contribution in [-0.4, -0.2) is 8.07 Å². The average Bonchev–Trinajstić information content (AvgIpc) is 3.25. The molecule has 1 aliphatic rings. The van der Waals surface area contributed by atoms with Gasteiger partial charge < -0.3 is 9.80 Å². The Bertz CT molecular complexity index is 2790. The zero-order valence-electron chi connectivity index (χ0n) is 31.0. The molecule has 0 spiro atoms. The molecule has 0 saturated carbocycles. The largest absolute Gasteiger partial charge is 0.311 e. The molecular formula is C52H40N2Si. The van der Waals surface area contributed by atoms with Crippen LogP contribution in [0.4, 0.5) is 34.1 Å². The van der Waals surface area contributed by atoms with E-state index >= 15 is 0 Å². The first-order chi connectivity index (χ1) is 27.0. The summed E-state index contributed by atoms with van der Waals surface area (Å²) >= 11 is 0. The maximum atomic E-state index is 2.47. The van der Waals surface area contributed by atoms with Crippen LogP contribution < -0.4 is 20.2 Å². The monoisotopic (exact) mass is 720 g/mol. The van der Waals surface area contributed by atoms with E-state index in [0.717, 1.165) is 17.1 Å². The van der Waals surface area contributed by atoms with Gasteiger partial charge in [0.25, 0.3) is 0 Å². The molecule has 9 aromatic rings. The summed E-state index contributed by atoms with van der Waals surface area (Å²) in [4.78, 5) is 4.83. The lowest BCUT2D eigenvalue weighted by Crippen LogP contribution is -2.58. The highest BCUT2D eigenvalue weighted by molar-refractivity contribution is 7.02. The third-order valence-corrected chi connectivity index (χ3v) is 15.0. The van der Waals surface area contributed by atoms with Crippen LogP contribution in [0.3, 0.4) is 0 Å². The lowest BCUT2D eigenvalue weighted by molar-refractivity contribution is 1.28. The van der Waals surface area contributed by atoms with Gasteiger partial charge in [0.2, 0.25) is 0 Å². The number of para-hydroxylation sites is 2. The molecule has 9 aromatic carbocycles. The summed E-state index contributed by atoms with van der Waals surface area (Å²) in [7, 11) is -1.85. The average molecular weight is 721 g/mol. The zero-order valence-corrected chi connectivity index (χ0v) is 32.0. The summed E-state index contributed by atoms with van der Waals surface area (Å²) in [6.07, 6.45) is 0. The topological polar surface area (TPSA) is 6.48 Å². The first kappa shape index (κ1) is 32.9. The van der Waals surface area contributed by atoms with Gasteiger partial charge >= 0.3 is 0 Å². The molecule has 55 heavy (non-hydrogen) atoms. The van der Waals surface area contributed by atoms with Crippen molar-refractivity contribution in [3.05, 3.63) is 206 Å². The van der Waals surface area contributed by atoms with Crippen molar-refractivity contribution >= 4 is 74.1 Å². The van der Waals surface area contributed by atoms with Crippen molar-refractivity contribution in [1.82, 2.24) is 0 Å². The molecule has 0 amide bonds. The van der Waals surface area contributed by atoms with Gasteiger partial charge in [0.15, 0.2) is 0 Å². The van der Waals surface area contributed by atoms with E-state index in [0.29, 0.717) is 0 Å². The summed E-state index contributed by atoms with van der Waals surface area (Å²) in [6, 6.07) is 75.6. The van der Waals surface area contributed by atoms with Crippen LogP contribution in [0.25, 0.3) is 43.8 Å². The van der Waals surface area contributed by atoms with Gasteiger partial charge in [-0.3, -0.25) is 0 Å². The molecular weight excluding hydrogens is 681 g/mol. The molecule has 0 fully saturated rings. The molecule has 0 unspecified atom stereocenters. The lowest BCUT2D eigenvalue weighted by Gasteiger charge is -2.41. The van der Waals surface area contributed by atoms with Crippen molar-refractivity contribution in [3.63, 3.8) is 0 Å². The Balaban J connectivity index is 1.04. The minimum absolute atomic E-state index is 1.11. The summed E-state index contributed by atoms with van der Waals surface area (Å²) in [5.41, 5.74) is 11.9. The van der Waals surface area contributed by atoms with Crippen LogP contribution in [0.2, 0.25) is 13.1 Å². The van der Waals surface area contributed by atoms with E-state index in [4.69, 9.17) is 0 Å². The maximum absolute atomic E-state index is 2.47. The van der Waals surface area contributed by atoms with E-state index in [2.05, 4.69) is 229 Å². The Kier molecular flexibility index (Phi) is 7.97. The predicted molar refractivity (Wildman–Crippen MR) is 238 cm³/mol. The number of fused-ring (bicyclic) bond motifs is 5. The number of anilines is 6. The van der Waals surface area contributed by atoms with Crippen LogP contribution in [-0.2, 0) is 0 Å². The molecule has 0 aliphatic carbocycles. The number of hydrogen-bond acceptors (Lipinski definition) is 2. The van der Waals surface area contributed by atoms with Gasteiger partial charge in [-0.15, -0.1) is 0 Å². The highest BCUT2D eigenvalue weighted by atomic mass is 28.3. The van der Waals surface area contributed by atoms with Crippen molar-refractivity contribution in [2.45, 2.75) is 13.1 Å². The van der Waals surface area contributed by atoms with E-state index in [1.807, 2.05) is 0 Å². The minimum Gasteiger partial charge on any atom is -0.311 e. The fourth-order valence-electron chi connectivity index (χ4n) is 8.60. The van der Waals surface area contributed by atoms with Gasteiger partial charge in [-0.25, -0.2) is 0 Å². The van der Waals surface area contributed by atoms with Gasteiger partial charge in [0.1, 0.15) is 8.07 Å². The first-order valence-corrected chi connectivity index (χ1v) is 22.1. The normalized spacial score (nSPS) is 13.0. The Labute approximate surface area is 324 Å². The van der Waals surface area contributed by atoms with Crippen molar-refractivity contribution in [2.24, 2.45) is 0 Å². The predicted octanol–water partition coefficient (Wildman–Crippen LogP) is 13.4. The third kappa shape index (κ3) is 5.72. The lowest BCUT2D eigenvalue weighted by atomic mass is 10.0. The SMILES string of the molecule is C[Si]1(C)c2ccccc2N(c2cccc(-c3ccc(N(c4ccc(-c5ccccc5)cc4)c4ccc5c(ccc6ccccc65)c4)cc3)c2)c2ccccc21. The first-order valence-electron chi connectivity index (χ1n) is 19.1. The van der Waals surface area contributed by atoms with Gasteiger partial charge in [0.05, 0.1) is 0 Å². The molecule has 10 rings (SSSR count). The summed E-state index contributed by atoms with van der Waals surface area (Å²) in [5.74, 6) is 0. The van der Waals surface area contributed by atoms with E-state index in [1.165, 1.54) is 71.2 Å². The quantitative estimate of drug-likeness (QED) is 0.125. The summed E-state index contributed by atoms with van der Waals surface area (Å²) in [5, 5.41) is 7.97. The van der Waals surface area contributed by atoms with Gasteiger partial charge in [-0.05, 0) is 115 Å². The number of rotatable bonds is 6. The van der Waals surface area contributed by atoms with E-state index in [-0.39, 0.29) is 0 Å². The summed E-state index contributed by atoms with van der Waals surface area (Å²) in [6.45, 7) is 4.95. The standard InChI is InChI=1S/C52H40N2Si/c1-55(2)51-21-10-8-19-49(51)54(50-20-9-11-22-52(50)55)45-17-12-16-41(35-45)39-27-31-44(32-28-39)53(43-29-25-38(26-30-43)37-13-4-3-5-14-37)46-33-34-48-42(36-46)24-23-40-15-6-7-18-47(40)48/h3-36H,1-2H3. The van der Waals surface area contributed by atoms with Crippen LogP contribution in [0, 0.1) is 0 Å². The molecule has 1 heterocycles. The Hall–Kier alpha value is -6.68. The Morgan fingerprint density at radius 1 is 0.364 bits per heavy atom. The molecule has 0 bridgehead atoms. The molecule has 262 valence electrons. The molecule has 2 nitrogen and oxygen atoms in total. The molecule has 0 saturated heterocycles. The van der Waals surface area contributed by atoms with Crippen molar-refractivity contribution < 1.29 is 0 Å². The van der Waals surface area contributed by atoms with Crippen molar-refractivity contribution in [1.29, 1.82) is 0 Å². The molecule has 0 N–H and O–H groups in total. The van der Waals surface area contributed by atoms with E-state index in [9.17, 15) is 0 Å². The highest BCUT2D eigenvalue weighted by Gasteiger charge is 2.38. The van der Waals surface area contributed by atoms with Crippen LogP contribution >= 0.6 is 0 Å². The second-order valence-corrected chi connectivity index (χ2v) is 19.4. The van der Waals surface area contributed by atoms with Gasteiger partial charge in [0, 0.05) is 34.1 Å². The van der Waals surface area contributed by atoms with Crippen LogP contribution in [0.5, 0.6) is 0 Å². The van der Waals surface area contributed by atoms with E-state index in [1.54, 1.807) is 0 Å². The Morgan fingerprint density at radius 3 is 1.56 bits per heavy atom. The molecule has 0 aromatic heterocycles. The van der Waals surface area contributed by atoms with Gasteiger partial charge in [-0.1, -0.05) is 159 Å². The number of benzene rings is 9. The summed E-state index contributed by atoms with van der Waals surface area (Å²) < 4.78 is 0. The zero-order chi connectivity index (χ0) is 36.9. The van der Waals surface area contributed by atoms with Crippen molar-refractivity contribution in [3.8, 4) is 22.3 Å². The minimum atomic E-state index is -1.85. The fraction of sp³-hybridized carbons (Fsp3) is 0.0385. The second kappa shape index (κ2) is 13.3. The molecule has 1 aliphatic heterocycles. The number of nitrogens with zero attached hydrogens (tertiary/aromatic N) is 2.